The van der Waals surface area contributed by atoms with Crippen LogP contribution in [0, 0.1) is 13.8 Å². The smallest absolute Gasteiger partial charge is 0.343 e. The van der Waals surface area contributed by atoms with Crippen LogP contribution in [0.4, 0.5) is 0 Å². The van der Waals surface area contributed by atoms with Crippen LogP contribution in [-0.2, 0) is 16.0 Å². The molecule has 0 N–H and O–H groups in total. The van der Waals surface area contributed by atoms with E-state index in [-0.39, 0.29) is 5.97 Å². The zero-order chi connectivity index (χ0) is 22.1. The quantitative estimate of drug-likeness (QED) is 0.340. The fraction of sp³-hybridized carbons (Fsp3) is 0.462. The van der Waals surface area contributed by atoms with Crippen LogP contribution in [0.5, 0.6) is 5.75 Å². The van der Waals surface area contributed by atoms with Crippen molar-refractivity contribution in [1.29, 1.82) is 0 Å². The van der Waals surface area contributed by atoms with E-state index in [4.69, 9.17) is 9.47 Å². The highest BCUT2D eigenvalue weighted by Gasteiger charge is 2.27. The van der Waals surface area contributed by atoms with Crippen molar-refractivity contribution in [2.24, 2.45) is 0 Å². The minimum atomic E-state index is -0.446. The number of carbonyl (C=O) groups is 2. The van der Waals surface area contributed by atoms with E-state index in [2.05, 4.69) is 13.8 Å². The van der Waals surface area contributed by atoms with E-state index < -0.39 is 11.9 Å². The van der Waals surface area contributed by atoms with E-state index in [0.29, 0.717) is 24.3 Å². The number of carbonyl (C=O) groups excluding carboxylic acids is 2. The van der Waals surface area contributed by atoms with E-state index in [1.54, 1.807) is 19.1 Å². The highest BCUT2D eigenvalue weighted by atomic mass is 16.5. The van der Waals surface area contributed by atoms with Crippen LogP contribution in [-0.4, -0.2) is 18.5 Å². The van der Waals surface area contributed by atoms with Crippen LogP contribution in [0.2, 0.25) is 0 Å². The van der Waals surface area contributed by atoms with Gasteiger partial charge in [-0.2, -0.15) is 0 Å². The molecule has 0 bridgehead atoms. The lowest BCUT2D eigenvalue weighted by molar-refractivity contribution is -0.145. The third-order valence-electron chi connectivity index (χ3n) is 5.16. The summed E-state index contributed by atoms with van der Waals surface area (Å²) in [4.78, 5) is 25.6. The maximum absolute atomic E-state index is 12.9. The lowest BCUT2D eigenvalue weighted by Crippen LogP contribution is -2.19. The summed E-state index contributed by atoms with van der Waals surface area (Å²) < 4.78 is 11.2. The summed E-state index contributed by atoms with van der Waals surface area (Å²) in [7, 11) is 0. The SMILES string of the molecule is CCCCC(C(=O)OCC)c1cc(C)cc(C)c1OC(=O)c1ccc(CCC)cc1. The Hall–Kier alpha value is -2.62. The van der Waals surface area contributed by atoms with Crippen LogP contribution < -0.4 is 4.74 Å². The van der Waals surface area contributed by atoms with Gasteiger partial charge in [0.15, 0.2) is 0 Å². The molecule has 0 saturated carbocycles. The number of unbranched alkanes of at least 4 members (excludes halogenated alkanes) is 1. The Morgan fingerprint density at radius 1 is 0.967 bits per heavy atom. The Kier molecular flexibility index (Phi) is 9.10. The van der Waals surface area contributed by atoms with Gasteiger partial charge in [-0.15, -0.1) is 0 Å². The third-order valence-corrected chi connectivity index (χ3v) is 5.16. The maximum Gasteiger partial charge on any atom is 0.343 e. The lowest BCUT2D eigenvalue weighted by Gasteiger charge is -2.21. The molecule has 4 heteroatoms. The second-order valence-corrected chi connectivity index (χ2v) is 7.78. The zero-order valence-corrected chi connectivity index (χ0v) is 18.9. The largest absolute Gasteiger partial charge is 0.466 e. The molecule has 2 aromatic carbocycles. The number of rotatable bonds is 10. The average molecular weight is 411 g/mol. The monoisotopic (exact) mass is 410 g/mol. The number of hydrogen-bond donors (Lipinski definition) is 0. The molecule has 1 atom stereocenters. The van der Waals surface area contributed by atoms with E-state index in [9.17, 15) is 9.59 Å². The molecule has 162 valence electrons. The van der Waals surface area contributed by atoms with Gasteiger partial charge in [0.05, 0.1) is 18.1 Å². The molecule has 0 aliphatic heterocycles. The molecule has 30 heavy (non-hydrogen) atoms. The molecule has 1 unspecified atom stereocenters. The Morgan fingerprint density at radius 3 is 2.27 bits per heavy atom. The van der Waals surface area contributed by atoms with Crippen molar-refractivity contribution >= 4 is 11.9 Å². The van der Waals surface area contributed by atoms with E-state index in [0.717, 1.165) is 42.4 Å². The van der Waals surface area contributed by atoms with Crippen LogP contribution in [0.3, 0.4) is 0 Å². The minimum Gasteiger partial charge on any atom is -0.466 e. The maximum atomic E-state index is 12.9. The Labute approximate surface area is 180 Å². The second-order valence-electron chi connectivity index (χ2n) is 7.78. The molecule has 2 aromatic rings. The fourth-order valence-electron chi connectivity index (χ4n) is 3.68. The summed E-state index contributed by atoms with van der Waals surface area (Å²) in [6, 6.07) is 11.4. The van der Waals surface area contributed by atoms with Gasteiger partial charge in [-0.1, -0.05) is 62.9 Å². The Morgan fingerprint density at radius 2 is 1.67 bits per heavy atom. The predicted octanol–water partition coefficient (Wildman–Crippen LogP) is 6.31. The van der Waals surface area contributed by atoms with Crippen LogP contribution in [0.25, 0.3) is 0 Å². The van der Waals surface area contributed by atoms with Crippen molar-refractivity contribution in [2.75, 3.05) is 6.61 Å². The van der Waals surface area contributed by atoms with E-state index in [1.165, 1.54) is 5.56 Å². The molecule has 0 spiro atoms. The van der Waals surface area contributed by atoms with Crippen molar-refractivity contribution in [3.8, 4) is 5.75 Å². The Bertz CT molecular complexity index is 852. The van der Waals surface area contributed by atoms with E-state index >= 15 is 0 Å². The first-order valence-corrected chi connectivity index (χ1v) is 11.0. The predicted molar refractivity (Wildman–Crippen MR) is 120 cm³/mol. The van der Waals surface area contributed by atoms with Crippen molar-refractivity contribution in [3.05, 3.63) is 64.2 Å². The fourth-order valence-corrected chi connectivity index (χ4v) is 3.68. The van der Waals surface area contributed by atoms with Gasteiger partial charge < -0.3 is 9.47 Å². The highest BCUT2D eigenvalue weighted by molar-refractivity contribution is 5.92. The molecule has 0 amide bonds. The summed E-state index contributed by atoms with van der Waals surface area (Å²) in [5.74, 6) is -0.655. The molecule has 0 saturated heterocycles. The molecule has 0 aliphatic carbocycles. The number of hydrogen-bond acceptors (Lipinski definition) is 4. The van der Waals surface area contributed by atoms with Gasteiger partial charge in [-0.3, -0.25) is 4.79 Å². The van der Waals surface area contributed by atoms with Gasteiger partial charge in [0.25, 0.3) is 0 Å². The minimum absolute atomic E-state index is 0.267. The van der Waals surface area contributed by atoms with Gasteiger partial charge in [-0.05, 0) is 56.9 Å². The normalized spacial score (nSPS) is 11.8. The first-order valence-electron chi connectivity index (χ1n) is 11.0. The number of benzene rings is 2. The number of esters is 2. The highest BCUT2D eigenvalue weighted by Crippen LogP contribution is 2.35. The van der Waals surface area contributed by atoms with Crippen molar-refractivity contribution in [1.82, 2.24) is 0 Å². The molecule has 0 aliphatic rings. The second kappa shape index (κ2) is 11.5. The van der Waals surface area contributed by atoms with Crippen LogP contribution in [0.1, 0.15) is 85.0 Å². The summed E-state index contributed by atoms with van der Waals surface area (Å²) in [6.07, 6.45) is 4.56. The first-order chi connectivity index (χ1) is 14.4. The summed E-state index contributed by atoms with van der Waals surface area (Å²) in [5.41, 5.74) is 4.30. The van der Waals surface area contributed by atoms with E-state index in [1.807, 2.05) is 38.1 Å². The van der Waals surface area contributed by atoms with Gasteiger partial charge in [0.1, 0.15) is 5.75 Å². The molecule has 0 radical (unpaired) electrons. The van der Waals surface area contributed by atoms with Gasteiger partial charge in [-0.25, -0.2) is 4.79 Å². The van der Waals surface area contributed by atoms with Gasteiger partial charge in [0.2, 0.25) is 0 Å². The summed E-state index contributed by atoms with van der Waals surface area (Å²) >= 11 is 0. The molecule has 0 fully saturated rings. The average Bonchev–Trinajstić information content (AvgIpc) is 2.71. The summed E-state index contributed by atoms with van der Waals surface area (Å²) in [5, 5.41) is 0. The first kappa shape index (κ1) is 23.7. The standard InChI is InChI=1S/C26H34O4/c1-6-9-11-22(26(28)29-8-3)23-17-18(4)16-19(5)24(23)30-25(27)21-14-12-20(10-7-2)13-15-21/h12-17,22H,6-11H2,1-5H3. The number of ether oxygens (including phenoxy) is 2. The van der Waals surface area contributed by atoms with Gasteiger partial charge in [0, 0.05) is 5.56 Å². The molecule has 0 heterocycles. The van der Waals surface area contributed by atoms with Crippen LogP contribution in [0.15, 0.2) is 36.4 Å². The molecular weight excluding hydrogens is 376 g/mol. The molecular formula is C26H34O4. The third kappa shape index (κ3) is 6.19. The van der Waals surface area contributed by atoms with Crippen LogP contribution >= 0.6 is 0 Å². The zero-order valence-electron chi connectivity index (χ0n) is 18.9. The Balaban J connectivity index is 2.38. The summed E-state index contributed by atoms with van der Waals surface area (Å²) in [6.45, 7) is 10.2. The molecule has 0 aromatic heterocycles. The van der Waals surface area contributed by atoms with Crippen molar-refractivity contribution in [3.63, 3.8) is 0 Å². The van der Waals surface area contributed by atoms with Crippen molar-refractivity contribution in [2.45, 2.75) is 72.6 Å². The van der Waals surface area contributed by atoms with Crippen molar-refractivity contribution < 1.29 is 19.1 Å². The lowest BCUT2D eigenvalue weighted by atomic mass is 9.90. The van der Waals surface area contributed by atoms with Gasteiger partial charge >= 0.3 is 11.9 Å². The number of aryl methyl sites for hydroxylation is 3. The molecule has 2 rings (SSSR count). The topological polar surface area (TPSA) is 52.6 Å². The molecule has 4 nitrogen and oxygen atoms in total.